The number of hydrogen-bond acceptors (Lipinski definition) is 6. The van der Waals surface area contributed by atoms with Crippen LogP contribution in [-0.4, -0.2) is 61.2 Å². The van der Waals surface area contributed by atoms with E-state index in [9.17, 15) is 13.2 Å². The fourth-order valence-corrected chi connectivity index (χ4v) is 3.94. The van der Waals surface area contributed by atoms with E-state index in [1.807, 2.05) is 6.92 Å². The van der Waals surface area contributed by atoms with Crippen molar-refractivity contribution in [1.82, 2.24) is 14.5 Å². The summed E-state index contributed by atoms with van der Waals surface area (Å²) >= 11 is 0. The van der Waals surface area contributed by atoms with Gasteiger partial charge in [0.15, 0.2) is 0 Å². The van der Waals surface area contributed by atoms with Gasteiger partial charge in [-0.05, 0) is 20.3 Å². The summed E-state index contributed by atoms with van der Waals surface area (Å²) in [5.74, 6) is -1.11. The third-order valence-electron chi connectivity index (χ3n) is 3.68. The summed E-state index contributed by atoms with van der Waals surface area (Å²) in [7, 11) is -3.77. The van der Waals surface area contributed by atoms with Gasteiger partial charge >= 0.3 is 5.97 Å². The fraction of sp³-hybridized carbons (Fsp3) is 0.692. The van der Waals surface area contributed by atoms with Crippen LogP contribution >= 0.6 is 0 Å². The highest BCUT2D eigenvalue weighted by atomic mass is 32.2. The van der Waals surface area contributed by atoms with Crippen molar-refractivity contribution in [3.05, 3.63) is 11.9 Å². The smallest absolute Gasteiger partial charge is 0.329 e. The van der Waals surface area contributed by atoms with Gasteiger partial charge in [0.05, 0.1) is 30.6 Å². The van der Waals surface area contributed by atoms with E-state index in [1.54, 1.807) is 11.6 Å². The second-order valence-electron chi connectivity index (χ2n) is 5.24. The molecule has 0 aromatic carbocycles. The molecule has 0 unspecified atom stereocenters. The Balaban J connectivity index is 2.13. The Bertz CT molecular complexity index is 657. The van der Waals surface area contributed by atoms with Gasteiger partial charge in [-0.3, -0.25) is 4.68 Å². The molecule has 1 aromatic rings. The van der Waals surface area contributed by atoms with E-state index in [0.717, 1.165) is 0 Å². The molecule has 0 radical (unpaired) electrons. The molecule has 1 saturated heterocycles. The van der Waals surface area contributed by atoms with Gasteiger partial charge in [-0.2, -0.15) is 5.10 Å². The third-order valence-corrected chi connectivity index (χ3v) is 5.27. The summed E-state index contributed by atoms with van der Waals surface area (Å²) in [6.07, 6.45) is 1.08. The molecule has 9 nitrogen and oxygen atoms in total. The summed E-state index contributed by atoms with van der Waals surface area (Å²) in [5.41, 5.74) is 0.551. The summed E-state index contributed by atoms with van der Waals surface area (Å²) in [6, 6.07) is -0.544. The maximum absolute atomic E-state index is 12.6. The Morgan fingerprint density at radius 3 is 2.96 bits per heavy atom. The molecule has 1 aromatic heterocycles. The molecule has 2 rings (SSSR count). The first-order valence-corrected chi connectivity index (χ1v) is 8.79. The summed E-state index contributed by atoms with van der Waals surface area (Å²) in [4.78, 5) is 10.7. The molecule has 23 heavy (non-hydrogen) atoms. The predicted octanol–water partition coefficient (Wildman–Crippen LogP) is -0.252. The minimum atomic E-state index is -3.77. The normalized spacial score (nSPS) is 22.2. The van der Waals surface area contributed by atoms with Crippen molar-refractivity contribution in [1.29, 1.82) is 0 Å². The number of carboxylic acids is 1. The van der Waals surface area contributed by atoms with Crippen LogP contribution in [0.5, 0.6) is 0 Å². The lowest BCUT2D eigenvalue weighted by Crippen LogP contribution is -2.50. The summed E-state index contributed by atoms with van der Waals surface area (Å²) in [5, 5.41) is 12.7. The molecule has 1 aliphatic rings. The molecule has 10 heteroatoms. The van der Waals surface area contributed by atoms with Crippen molar-refractivity contribution in [3.8, 4) is 0 Å². The average Bonchev–Trinajstić information content (AvgIpc) is 2.87. The van der Waals surface area contributed by atoms with Gasteiger partial charge in [0.25, 0.3) is 0 Å². The van der Waals surface area contributed by atoms with Gasteiger partial charge in [0.1, 0.15) is 11.5 Å². The van der Waals surface area contributed by atoms with Crippen LogP contribution in [0.4, 0.5) is 0 Å². The predicted molar refractivity (Wildman–Crippen MR) is 79.6 cm³/mol. The van der Waals surface area contributed by atoms with Gasteiger partial charge < -0.3 is 14.6 Å². The Morgan fingerprint density at radius 2 is 2.35 bits per heavy atom. The Hall–Kier alpha value is -1.49. The molecular weight excluding hydrogens is 326 g/mol. The molecule has 0 amide bonds. The minimum Gasteiger partial charge on any atom is -0.480 e. The number of carbonyl (C=O) groups is 1. The lowest BCUT2D eigenvalue weighted by molar-refractivity contribution is -0.148. The Morgan fingerprint density at radius 1 is 1.61 bits per heavy atom. The SMILES string of the molecule is CCn1ncc(S(=O)(=O)N[C@@H]2CCOC[C@H]2OCC(=O)O)c1C. The van der Waals surface area contributed by atoms with Crippen LogP contribution in [0.25, 0.3) is 0 Å². The van der Waals surface area contributed by atoms with E-state index in [-0.39, 0.29) is 11.5 Å². The second kappa shape index (κ2) is 7.39. The van der Waals surface area contributed by atoms with Crippen molar-refractivity contribution in [3.63, 3.8) is 0 Å². The first kappa shape index (κ1) is 17.9. The molecule has 2 heterocycles. The molecule has 1 aliphatic heterocycles. The van der Waals surface area contributed by atoms with E-state index in [1.165, 1.54) is 6.20 Å². The number of nitrogens with one attached hydrogen (secondary N) is 1. The van der Waals surface area contributed by atoms with E-state index >= 15 is 0 Å². The minimum absolute atomic E-state index is 0.114. The number of rotatable bonds is 7. The highest BCUT2D eigenvalue weighted by Gasteiger charge is 2.32. The average molecular weight is 347 g/mol. The van der Waals surface area contributed by atoms with E-state index in [4.69, 9.17) is 14.6 Å². The van der Waals surface area contributed by atoms with Crippen LogP contribution < -0.4 is 4.72 Å². The molecule has 0 bridgehead atoms. The largest absolute Gasteiger partial charge is 0.480 e. The Kier molecular flexibility index (Phi) is 5.74. The number of aryl methyl sites for hydroxylation is 1. The fourth-order valence-electron chi connectivity index (χ4n) is 2.46. The maximum atomic E-state index is 12.6. The molecule has 2 atom stereocenters. The van der Waals surface area contributed by atoms with Crippen LogP contribution in [0.15, 0.2) is 11.1 Å². The van der Waals surface area contributed by atoms with Crippen LogP contribution in [0.3, 0.4) is 0 Å². The standard InChI is InChI=1S/C13H21N3O6S/c1-3-16-9(2)12(6-14-16)23(19,20)15-10-4-5-21-7-11(10)22-8-13(17)18/h6,10-11,15H,3-5,7-8H2,1-2H3,(H,17,18)/t10-,11-/m1/s1. The van der Waals surface area contributed by atoms with Gasteiger partial charge in [-0.25, -0.2) is 17.9 Å². The molecule has 1 fully saturated rings. The van der Waals surface area contributed by atoms with Crippen molar-refractivity contribution >= 4 is 16.0 Å². The van der Waals surface area contributed by atoms with Crippen LogP contribution in [0, 0.1) is 6.92 Å². The number of sulfonamides is 1. The molecule has 0 aliphatic carbocycles. The third kappa shape index (κ3) is 4.28. The Labute approximate surface area is 134 Å². The summed E-state index contributed by atoms with van der Waals surface area (Å²) < 4.78 is 39.8. The second-order valence-corrected chi connectivity index (χ2v) is 6.93. The molecular formula is C13H21N3O6S. The lowest BCUT2D eigenvalue weighted by Gasteiger charge is -2.31. The zero-order chi connectivity index (χ0) is 17.0. The molecule has 0 saturated carbocycles. The first-order valence-electron chi connectivity index (χ1n) is 7.31. The van der Waals surface area contributed by atoms with Crippen LogP contribution in [-0.2, 0) is 30.8 Å². The lowest BCUT2D eigenvalue weighted by atomic mass is 10.1. The van der Waals surface area contributed by atoms with Gasteiger partial charge in [0, 0.05) is 13.2 Å². The van der Waals surface area contributed by atoms with Crippen molar-refractivity contribution < 1.29 is 27.8 Å². The number of ether oxygens (including phenoxy) is 2. The molecule has 130 valence electrons. The van der Waals surface area contributed by atoms with Crippen molar-refractivity contribution in [2.24, 2.45) is 0 Å². The topological polar surface area (TPSA) is 120 Å². The highest BCUT2D eigenvalue weighted by Crippen LogP contribution is 2.18. The van der Waals surface area contributed by atoms with Gasteiger partial charge in [0.2, 0.25) is 10.0 Å². The number of aromatic nitrogens is 2. The van der Waals surface area contributed by atoms with Crippen molar-refractivity contribution in [2.45, 2.75) is 43.9 Å². The van der Waals surface area contributed by atoms with Gasteiger partial charge in [-0.15, -0.1) is 0 Å². The number of aliphatic carboxylic acids is 1. The van der Waals surface area contributed by atoms with Crippen LogP contribution in [0.2, 0.25) is 0 Å². The first-order chi connectivity index (χ1) is 10.8. The van der Waals surface area contributed by atoms with E-state index in [2.05, 4.69) is 9.82 Å². The van der Waals surface area contributed by atoms with Gasteiger partial charge in [-0.1, -0.05) is 0 Å². The molecule has 0 spiro atoms. The van der Waals surface area contributed by atoms with E-state index < -0.39 is 34.7 Å². The molecule has 2 N–H and O–H groups in total. The number of hydrogen-bond donors (Lipinski definition) is 2. The van der Waals surface area contributed by atoms with E-state index in [0.29, 0.717) is 25.3 Å². The monoisotopic (exact) mass is 347 g/mol. The summed E-state index contributed by atoms with van der Waals surface area (Å²) in [6.45, 7) is 4.16. The van der Waals surface area contributed by atoms with Crippen molar-refractivity contribution in [2.75, 3.05) is 19.8 Å². The maximum Gasteiger partial charge on any atom is 0.329 e. The zero-order valence-corrected chi connectivity index (χ0v) is 13.9. The highest BCUT2D eigenvalue weighted by molar-refractivity contribution is 7.89. The quantitative estimate of drug-likeness (QED) is 0.698. The number of nitrogens with zero attached hydrogens (tertiary/aromatic N) is 2. The van der Waals surface area contributed by atoms with Crippen LogP contribution in [0.1, 0.15) is 19.0 Å². The zero-order valence-electron chi connectivity index (χ0n) is 13.1. The number of carboxylic acid groups (broad SMARTS) is 1.